The monoisotopic (exact) mass is 288 g/mol. The molecule has 3 aromatic rings. The summed E-state index contributed by atoms with van der Waals surface area (Å²) < 4.78 is 0. The van der Waals surface area contributed by atoms with E-state index in [9.17, 15) is 0 Å². The number of hydrogen-bond acceptors (Lipinski definition) is 3. The summed E-state index contributed by atoms with van der Waals surface area (Å²) in [6, 6.07) is 8.16. The van der Waals surface area contributed by atoms with Crippen LogP contribution < -0.4 is 0 Å². The molecule has 3 rings (SSSR count). The van der Waals surface area contributed by atoms with Gasteiger partial charge in [-0.05, 0) is 32.4 Å². The lowest BCUT2D eigenvalue weighted by atomic mass is 10.1. The number of benzene rings is 1. The normalized spacial score (nSPS) is 11.2. The van der Waals surface area contributed by atoms with Gasteiger partial charge in [0.1, 0.15) is 9.98 Å². The molecule has 1 aromatic carbocycles. The number of thiophene rings is 1. The Morgan fingerprint density at radius 1 is 1.11 bits per heavy atom. The Labute approximate surface area is 121 Å². The molecule has 0 aliphatic rings. The lowest BCUT2D eigenvalue weighted by molar-refractivity contribution is 1.23. The minimum absolute atomic E-state index is 0.545. The lowest BCUT2D eigenvalue weighted by Crippen LogP contribution is -1.90. The molecule has 0 unspecified atom stereocenters. The highest BCUT2D eigenvalue weighted by Gasteiger charge is 2.13. The van der Waals surface area contributed by atoms with Crippen LogP contribution in [-0.2, 0) is 0 Å². The molecule has 0 bridgehead atoms. The Hall–Kier alpha value is -1.45. The molecule has 0 N–H and O–H groups in total. The van der Waals surface area contributed by atoms with Crippen LogP contribution in [0.5, 0.6) is 0 Å². The summed E-state index contributed by atoms with van der Waals surface area (Å²) in [7, 11) is 0. The first-order valence-corrected chi connectivity index (χ1v) is 7.26. The van der Waals surface area contributed by atoms with Crippen LogP contribution in [0.3, 0.4) is 0 Å². The van der Waals surface area contributed by atoms with Gasteiger partial charge in [0.05, 0.1) is 5.39 Å². The molecular formula is C15H13ClN2S. The van der Waals surface area contributed by atoms with Crippen molar-refractivity contribution in [3.8, 4) is 11.4 Å². The van der Waals surface area contributed by atoms with Gasteiger partial charge in [-0.15, -0.1) is 11.3 Å². The summed E-state index contributed by atoms with van der Waals surface area (Å²) in [4.78, 5) is 11.3. The maximum absolute atomic E-state index is 6.33. The van der Waals surface area contributed by atoms with Gasteiger partial charge in [0.15, 0.2) is 5.82 Å². The van der Waals surface area contributed by atoms with Gasteiger partial charge in [-0.2, -0.15) is 0 Å². The first kappa shape index (κ1) is 12.6. The Bertz CT molecular complexity index is 777. The first-order chi connectivity index (χ1) is 9.06. The second kappa shape index (κ2) is 4.58. The minimum atomic E-state index is 0.545. The van der Waals surface area contributed by atoms with Gasteiger partial charge >= 0.3 is 0 Å². The number of fused-ring (bicyclic) bond motifs is 1. The van der Waals surface area contributed by atoms with Gasteiger partial charge in [0.25, 0.3) is 0 Å². The molecule has 2 nitrogen and oxygen atoms in total. The molecule has 0 aliphatic carbocycles. The molecule has 0 aliphatic heterocycles. The third-order valence-electron chi connectivity index (χ3n) is 3.26. The van der Waals surface area contributed by atoms with Crippen LogP contribution >= 0.6 is 22.9 Å². The van der Waals surface area contributed by atoms with E-state index >= 15 is 0 Å². The van der Waals surface area contributed by atoms with E-state index in [2.05, 4.69) is 42.9 Å². The molecule has 0 saturated heterocycles. The van der Waals surface area contributed by atoms with E-state index in [0.29, 0.717) is 11.0 Å². The van der Waals surface area contributed by atoms with E-state index in [1.807, 2.05) is 12.1 Å². The lowest BCUT2D eigenvalue weighted by Gasteiger charge is -2.03. The van der Waals surface area contributed by atoms with E-state index in [4.69, 9.17) is 11.6 Å². The Balaban J connectivity index is 2.27. The fraction of sp³-hybridized carbons (Fsp3) is 0.200. The Morgan fingerprint density at radius 2 is 1.89 bits per heavy atom. The zero-order valence-electron chi connectivity index (χ0n) is 11.0. The molecular weight excluding hydrogens is 276 g/mol. The molecule has 2 heterocycles. The van der Waals surface area contributed by atoms with Crippen LogP contribution in [0.25, 0.3) is 21.6 Å². The molecule has 0 saturated carbocycles. The quantitative estimate of drug-likeness (QED) is 0.593. The first-order valence-electron chi connectivity index (χ1n) is 6.06. The second-order valence-electron chi connectivity index (χ2n) is 4.67. The van der Waals surface area contributed by atoms with Crippen LogP contribution in [-0.4, -0.2) is 9.97 Å². The van der Waals surface area contributed by atoms with Crippen LogP contribution in [0.4, 0.5) is 0 Å². The smallest absolute Gasteiger partial charge is 0.162 e. The molecule has 0 spiro atoms. The number of halogens is 1. The Morgan fingerprint density at radius 3 is 2.63 bits per heavy atom. The minimum Gasteiger partial charge on any atom is -0.217 e. The third-order valence-corrected chi connectivity index (χ3v) is 4.64. The van der Waals surface area contributed by atoms with E-state index in [-0.39, 0.29) is 0 Å². The van der Waals surface area contributed by atoms with E-state index in [1.54, 1.807) is 11.3 Å². The summed E-state index contributed by atoms with van der Waals surface area (Å²) in [5.74, 6) is 0.697. The summed E-state index contributed by atoms with van der Waals surface area (Å²) in [5.41, 5.74) is 3.38. The summed E-state index contributed by atoms with van der Waals surface area (Å²) >= 11 is 8.00. The van der Waals surface area contributed by atoms with Crippen molar-refractivity contribution in [2.75, 3.05) is 0 Å². The van der Waals surface area contributed by atoms with Crippen molar-refractivity contribution in [2.45, 2.75) is 20.8 Å². The fourth-order valence-corrected chi connectivity index (χ4v) is 3.51. The molecule has 0 fully saturated rings. The zero-order valence-corrected chi connectivity index (χ0v) is 12.6. The van der Waals surface area contributed by atoms with Crippen molar-refractivity contribution in [3.05, 3.63) is 45.4 Å². The molecule has 96 valence electrons. The largest absolute Gasteiger partial charge is 0.217 e. The maximum atomic E-state index is 6.33. The second-order valence-corrected chi connectivity index (χ2v) is 6.23. The molecule has 0 radical (unpaired) electrons. The summed E-state index contributed by atoms with van der Waals surface area (Å²) in [6.07, 6.45) is 0. The number of aryl methyl sites for hydroxylation is 3. The van der Waals surface area contributed by atoms with E-state index < -0.39 is 0 Å². The highest BCUT2D eigenvalue weighted by atomic mass is 35.5. The van der Waals surface area contributed by atoms with Gasteiger partial charge in [-0.3, -0.25) is 0 Å². The number of aromatic nitrogens is 2. The summed E-state index contributed by atoms with van der Waals surface area (Å²) in [6.45, 7) is 6.21. The van der Waals surface area contributed by atoms with Crippen LogP contribution in [0, 0.1) is 20.8 Å². The van der Waals surface area contributed by atoms with Crippen molar-refractivity contribution in [3.63, 3.8) is 0 Å². The standard InChI is InChI=1S/C15H13ClN2S/c1-8-5-4-6-11(7-8)14-17-13(16)12-9(2)10(3)19-15(12)18-14/h4-7H,1-3H3. The number of hydrogen-bond donors (Lipinski definition) is 0. The fourth-order valence-electron chi connectivity index (χ4n) is 2.11. The molecule has 4 heteroatoms. The van der Waals surface area contributed by atoms with Gasteiger partial charge in [-0.25, -0.2) is 9.97 Å². The number of nitrogens with zero attached hydrogens (tertiary/aromatic N) is 2. The van der Waals surface area contributed by atoms with E-state index in [0.717, 1.165) is 15.8 Å². The Kier molecular flexibility index (Phi) is 3.03. The molecule has 19 heavy (non-hydrogen) atoms. The zero-order chi connectivity index (χ0) is 13.6. The molecule has 0 atom stereocenters. The van der Waals surface area contributed by atoms with Gasteiger partial charge in [0.2, 0.25) is 0 Å². The van der Waals surface area contributed by atoms with Crippen molar-refractivity contribution in [1.82, 2.24) is 9.97 Å². The van der Waals surface area contributed by atoms with Gasteiger partial charge in [0, 0.05) is 10.4 Å². The van der Waals surface area contributed by atoms with Crippen molar-refractivity contribution in [2.24, 2.45) is 0 Å². The van der Waals surface area contributed by atoms with E-state index in [1.165, 1.54) is 16.0 Å². The van der Waals surface area contributed by atoms with Crippen LogP contribution in [0.1, 0.15) is 16.0 Å². The van der Waals surface area contributed by atoms with Gasteiger partial charge < -0.3 is 0 Å². The van der Waals surface area contributed by atoms with Crippen molar-refractivity contribution >= 4 is 33.2 Å². The average Bonchev–Trinajstić information content (AvgIpc) is 2.65. The molecule has 0 amide bonds. The van der Waals surface area contributed by atoms with Crippen molar-refractivity contribution in [1.29, 1.82) is 0 Å². The topological polar surface area (TPSA) is 25.8 Å². The van der Waals surface area contributed by atoms with Gasteiger partial charge in [-0.1, -0.05) is 35.4 Å². The highest BCUT2D eigenvalue weighted by Crippen LogP contribution is 2.34. The average molecular weight is 289 g/mol. The number of rotatable bonds is 1. The summed E-state index contributed by atoms with van der Waals surface area (Å²) in [5, 5.41) is 1.53. The predicted octanol–water partition coefficient (Wildman–Crippen LogP) is 4.94. The predicted molar refractivity (Wildman–Crippen MR) is 82.1 cm³/mol. The maximum Gasteiger partial charge on any atom is 0.162 e. The van der Waals surface area contributed by atoms with Crippen LogP contribution in [0.2, 0.25) is 5.15 Å². The molecule has 2 aromatic heterocycles. The van der Waals surface area contributed by atoms with Crippen LogP contribution in [0.15, 0.2) is 24.3 Å². The third kappa shape index (κ3) is 2.13. The van der Waals surface area contributed by atoms with Crippen molar-refractivity contribution < 1.29 is 0 Å². The SMILES string of the molecule is Cc1cccc(-c2nc(Cl)c3c(C)c(C)sc3n2)c1. The highest BCUT2D eigenvalue weighted by molar-refractivity contribution is 7.18.